The van der Waals surface area contributed by atoms with Gasteiger partial charge in [0.1, 0.15) is 0 Å². The molecule has 0 saturated carbocycles. The molecule has 1 fully saturated rings. The summed E-state index contributed by atoms with van der Waals surface area (Å²) in [5.41, 5.74) is 1.02. The van der Waals surface area contributed by atoms with E-state index < -0.39 is 0 Å². The molecule has 0 unspecified atom stereocenters. The second-order valence-corrected chi connectivity index (χ2v) is 6.90. The van der Waals surface area contributed by atoms with Gasteiger partial charge in [-0.25, -0.2) is 4.79 Å². The van der Waals surface area contributed by atoms with Gasteiger partial charge in [0.15, 0.2) is 0 Å². The summed E-state index contributed by atoms with van der Waals surface area (Å²) in [4.78, 5) is 29.3. The van der Waals surface area contributed by atoms with Crippen molar-refractivity contribution in [1.29, 1.82) is 0 Å². The molecule has 1 saturated heterocycles. The molecule has 2 rings (SSSR count). The number of imide groups is 1. The summed E-state index contributed by atoms with van der Waals surface area (Å²) >= 11 is 0. The highest BCUT2D eigenvalue weighted by Gasteiger charge is 2.46. The zero-order valence-corrected chi connectivity index (χ0v) is 15.6. The van der Waals surface area contributed by atoms with Gasteiger partial charge in [0.2, 0.25) is 5.91 Å². The first-order valence-corrected chi connectivity index (χ1v) is 9.28. The third-order valence-electron chi connectivity index (χ3n) is 5.18. The number of nitrogens with zero attached hydrogens (tertiary/aromatic N) is 2. The Labute approximate surface area is 151 Å². The van der Waals surface area contributed by atoms with E-state index in [9.17, 15) is 9.59 Å². The van der Waals surface area contributed by atoms with E-state index in [1.165, 1.54) is 4.90 Å². The van der Waals surface area contributed by atoms with Gasteiger partial charge in [0.25, 0.3) is 0 Å². The SMILES string of the molecule is C=CCCC[C@H](CCC)C(=O)N1C(=O)N(C)[C@@H](C)[C@H]1c1ccccc1. The zero-order chi connectivity index (χ0) is 18.4. The van der Waals surface area contributed by atoms with Crippen LogP contribution in [0.5, 0.6) is 0 Å². The van der Waals surface area contributed by atoms with E-state index in [1.54, 1.807) is 11.9 Å². The van der Waals surface area contributed by atoms with Gasteiger partial charge in [0.05, 0.1) is 12.1 Å². The lowest BCUT2D eigenvalue weighted by Crippen LogP contribution is -2.40. The third-order valence-corrected chi connectivity index (χ3v) is 5.18. The van der Waals surface area contributed by atoms with Crippen LogP contribution in [0.1, 0.15) is 57.6 Å². The maximum Gasteiger partial charge on any atom is 0.327 e. The lowest BCUT2D eigenvalue weighted by Gasteiger charge is -2.27. The molecule has 25 heavy (non-hydrogen) atoms. The highest BCUT2D eigenvalue weighted by atomic mass is 16.2. The number of unbranched alkanes of at least 4 members (excludes halogenated alkanes) is 1. The summed E-state index contributed by atoms with van der Waals surface area (Å²) in [6.45, 7) is 7.85. The molecular weight excluding hydrogens is 312 g/mol. The Morgan fingerprint density at radius 1 is 1.28 bits per heavy atom. The molecule has 1 heterocycles. The summed E-state index contributed by atoms with van der Waals surface area (Å²) in [7, 11) is 1.78. The number of likely N-dealkylation sites (N-methyl/N-ethyl adjacent to an activating group) is 1. The fourth-order valence-electron chi connectivity index (χ4n) is 3.64. The maximum atomic E-state index is 13.3. The number of urea groups is 1. The second kappa shape index (κ2) is 8.84. The van der Waals surface area contributed by atoms with E-state index >= 15 is 0 Å². The molecule has 4 nitrogen and oxygen atoms in total. The Morgan fingerprint density at radius 2 is 1.96 bits per heavy atom. The average Bonchev–Trinajstić information content (AvgIpc) is 2.85. The fourth-order valence-corrected chi connectivity index (χ4v) is 3.64. The molecular formula is C21H30N2O2. The van der Waals surface area contributed by atoms with Gasteiger partial charge >= 0.3 is 6.03 Å². The van der Waals surface area contributed by atoms with Gasteiger partial charge < -0.3 is 4.90 Å². The minimum absolute atomic E-state index is 0.0269. The Hall–Kier alpha value is -2.10. The molecule has 1 aliphatic rings. The molecule has 0 aromatic heterocycles. The van der Waals surface area contributed by atoms with Gasteiger partial charge in [-0.1, -0.05) is 49.8 Å². The van der Waals surface area contributed by atoms with Gasteiger partial charge in [-0.05, 0) is 38.2 Å². The number of carbonyl (C=O) groups excluding carboxylic acids is 2. The first-order chi connectivity index (χ1) is 12.0. The van der Waals surface area contributed by atoms with Crippen molar-refractivity contribution < 1.29 is 9.59 Å². The molecule has 1 aliphatic heterocycles. The quantitative estimate of drug-likeness (QED) is 0.504. The normalized spacial score (nSPS) is 21.5. The van der Waals surface area contributed by atoms with Crippen molar-refractivity contribution in [3.63, 3.8) is 0 Å². The molecule has 0 spiro atoms. The van der Waals surface area contributed by atoms with Crippen LogP contribution in [0.15, 0.2) is 43.0 Å². The molecule has 3 atom stereocenters. The predicted octanol–water partition coefficient (Wildman–Crippen LogP) is 4.78. The fraction of sp³-hybridized carbons (Fsp3) is 0.524. The minimum atomic E-state index is -0.218. The predicted molar refractivity (Wildman–Crippen MR) is 101 cm³/mol. The summed E-state index contributed by atoms with van der Waals surface area (Å²) in [6.07, 6.45) is 6.29. The summed E-state index contributed by atoms with van der Waals surface area (Å²) in [6, 6.07) is 9.44. The summed E-state index contributed by atoms with van der Waals surface area (Å²) < 4.78 is 0. The summed E-state index contributed by atoms with van der Waals surface area (Å²) in [5, 5.41) is 0. The molecule has 1 aromatic carbocycles. The van der Waals surface area contributed by atoms with E-state index in [2.05, 4.69) is 13.5 Å². The van der Waals surface area contributed by atoms with Crippen LogP contribution in [0, 0.1) is 5.92 Å². The smallest absolute Gasteiger partial charge is 0.322 e. The second-order valence-electron chi connectivity index (χ2n) is 6.90. The van der Waals surface area contributed by atoms with Crippen molar-refractivity contribution in [2.45, 2.75) is 58.0 Å². The third kappa shape index (κ3) is 4.12. The van der Waals surface area contributed by atoms with Crippen LogP contribution in [0.2, 0.25) is 0 Å². The van der Waals surface area contributed by atoms with E-state index in [4.69, 9.17) is 0 Å². The van der Waals surface area contributed by atoms with E-state index in [0.29, 0.717) is 0 Å². The Kier molecular flexibility index (Phi) is 6.80. The first kappa shape index (κ1) is 19.2. The highest BCUT2D eigenvalue weighted by Crippen LogP contribution is 2.36. The van der Waals surface area contributed by atoms with Crippen molar-refractivity contribution in [1.82, 2.24) is 9.80 Å². The summed E-state index contributed by atoms with van der Waals surface area (Å²) in [5.74, 6) is -0.125. The zero-order valence-electron chi connectivity index (χ0n) is 15.6. The number of allylic oxidation sites excluding steroid dienone is 1. The van der Waals surface area contributed by atoms with Crippen LogP contribution in [-0.2, 0) is 4.79 Å². The van der Waals surface area contributed by atoms with E-state index in [-0.39, 0.29) is 29.9 Å². The number of hydrogen-bond donors (Lipinski definition) is 0. The number of benzene rings is 1. The van der Waals surface area contributed by atoms with Gasteiger partial charge in [-0.3, -0.25) is 9.69 Å². The van der Waals surface area contributed by atoms with Crippen molar-refractivity contribution in [2.75, 3.05) is 7.05 Å². The molecule has 0 bridgehead atoms. The first-order valence-electron chi connectivity index (χ1n) is 9.28. The Balaban J connectivity index is 2.29. The van der Waals surface area contributed by atoms with Crippen LogP contribution in [0.4, 0.5) is 4.79 Å². The molecule has 3 amide bonds. The number of rotatable bonds is 8. The van der Waals surface area contributed by atoms with Gasteiger partial charge in [-0.15, -0.1) is 6.58 Å². The molecule has 0 N–H and O–H groups in total. The van der Waals surface area contributed by atoms with Crippen LogP contribution in [0.25, 0.3) is 0 Å². The highest BCUT2D eigenvalue weighted by molar-refractivity contribution is 5.97. The Bertz CT molecular complexity index is 599. The van der Waals surface area contributed by atoms with Crippen LogP contribution in [0.3, 0.4) is 0 Å². The maximum absolute atomic E-state index is 13.3. The van der Waals surface area contributed by atoms with Crippen LogP contribution >= 0.6 is 0 Å². The lowest BCUT2D eigenvalue weighted by atomic mass is 9.93. The topological polar surface area (TPSA) is 40.6 Å². The number of hydrogen-bond acceptors (Lipinski definition) is 2. The Morgan fingerprint density at radius 3 is 2.56 bits per heavy atom. The molecule has 0 radical (unpaired) electrons. The molecule has 136 valence electrons. The van der Waals surface area contributed by atoms with Crippen molar-refractivity contribution >= 4 is 11.9 Å². The van der Waals surface area contributed by atoms with Gasteiger partial charge in [-0.2, -0.15) is 0 Å². The molecule has 0 aliphatic carbocycles. The standard InChI is InChI=1S/C21H30N2O2/c1-5-7-9-15-18(12-6-2)20(24)23-19(16(3)22(4)21(23)25)17-13-10-8-11-14-17/h5,8,10-11,13-14,16,18-19H,1,6-7,9,12,15H2,2-4H3/t16-,18-,19-/m0/s1. The van der Waals surface area contributed by atoms with Crippen molar-refractivity contribution in [3.8, 4) is 0 Å². The average molecular weight is 342 g/mol. The monoisotopic (exact) mass is 342 g/mol. The van der Waals surface area contributed by atoms with E-state index in [0.717, 1.165) is 37.7 Å². The van der Waals surface area contributed by atoms with E-state index in [1.807, 2.05) is 43.3 Å². The minimum Gasteiger partial charge on any atom is -0.322 e. The van der Waals surface area contributed by atoms with Crippen LogP contribution in [-0.4, -0.2) is 34.8 Å². The van der Waals surface area contributed by atoms with Crippen molar-refractivity contribution in [2.24, 2.45) is 5.92 Å². The largest absolute Gasteiger partial charge is 0.327 e. The van der Waals surface area contributed by atoms with Gasteiger partial charge in [0, 0.05) is 13.0 Å². The van der Waals surface area contributed by atoms with Crippen LogP contribution < -0.4 is 0 Å². The lowest BCUT2D eigenvalue weighted by molar-refractivity contribution is -0.134. The number of amides is 3. The number of carbonyl (C=O) groups is 2. The molecule has 4 heteroatoms. The molecule has 1 aromatic rings. The van der Waals surface area contributed by atoms with Crippen molar-refractivity contribution in [3.05, 3.63) is 48.6 Å².